The average Bonchev–Trinajstić information content (AvgIpc) is 2.43. The lowest BCUT2D eigenvalue weighted by Gasteiger charge is -2.13. The number of guanidine groups is 1. The molecule has 4 heteroatoms. The molecule has 0 aliphatic heterocycles. The maximum Gasteiger partial charge on any atom is 0.191 e. The molecule has 2 N–H and O–H groups in total. The Labute approximate surface area is 122 Å². The summed E-state index contributed by atoms with van der Waals surface area (Å²) in [4.78, 5) is 4.22. The van der Waals surface area contributed by atoms with Gasteiger partial charge in [-0.1, -0.05) is 24.3 Å². The highest BCUT2D eigenvalue weighted by Crippen LogP contribution is 2.05. The Balaban J connectivity index is 2.25. The summed E-state index contributed by atoms with van der Waals surface area (Å²) in [6.45, 7) is 8.65. The molecule has 1 rings (SSSR count). The SMILES string of the molecule is CN=C(NCCCOC(C)C)NCc1ccccc1C. The van der Waals surface area contributed by atoms with Crippen LogP contribution in [0.3, 0.4) is 0 Å². The van der Waals surface area contributed by atoms with Crippen molar-refractivity contribution in [1.29, 1.82) is 0 Å². The van der Waals surface area contributed by atoms with Gasteiger partial charge in [-0.3, -0.25) is 4.99 Å². The molecule has 0 radical (unpaired) electrons. The van der Waals surface area contributed by atoms with Gasteiger partial charge in [-0.15, -0.1) is 0 Å². The number of benzene rings is 1. The summed E-state index contributed by atoms with van der Waals surface area (Å²) in [6.07, 6.45) is 1.27. The van der Waals surface area contributed by atoms with Crippen LogP contribution in [-0.4, -0.2) is 32.3 Å². The summed E-state index contributed by atoms with van der Waals surface area (Å²) in [5.74, 6) is 0.831. The molecular formula is C16H27N3O. The molecule has 4 nitrogen and oxygen atoms in total. The number of hydrogen-bond donors (Lipinski definition) is 2. The van der Waals surface area contributed by atoms with Crippen LogP contribution in [0.2, 0.25) is 0 Å². The summed E-state index contributed by atoms with van der Waals surface area (Å²) in [5.41, 5.74) is 2.58. The molecular weight excluding hydrogens is 250 g/mol. The van der Waals surface area contributed by atoms with Crippen molar-refractivity contribution >= 4 is 5.96 Å². The molecule has 0 aliphatic rings. The van der Waals surface area contributed by atoms with Gasteiger partial charge in [0.05, 0.1) is 6.10 Å². The summed E-state index contributed by atoms with van der Waals surface area (Å²) >= 11 is 0. The van der Waals surface area contributed by atoms with E-state index < -0.39 is 0 Å². The third kappa shape index (κ3) is 6.57. The van der Waals surface area contributed by atoms with Gasteiger partial charge in [0.1, 0.15) is 0 Å². The lowest BCUT2D eigenvalue weighted by atomic mass is 10.1. The summed E-state index contributed by atoms with van der Waals surface area (Å²) in [7, 11) is 1.79. The van der Waals surface area contributed by atoms with E-state index in [0.29, 0.717) is 6.10 Å². The van der Waals surface area contributed by atoms with Gasteiger partial charge in [0.2, 0.25) is 0 Å². The molecule has 0 amide bonds. The minimum Gasteiger partial charge on any atom is -0.379 e. The zero-order valence-corrected chi connectivity index (χ0v) is 13.1. The van der Waals surface area contributed by atoms with Crippen molar-refractivity contribution in [2.75, 3.05) is 20.2 Å². The highest BCUT2D eigenvalue weighted by molar-refractivity contribution is 5.79. The van der Waals surface area contributed by atoms with Crippen LogP contribution in [0.5, 0.6) is 0 Å². The fraction of sp³-hybridized carbons (Fsp3) is 0.562. The standard InChI is InChI=1S/C16H27N3O/c1-13(2)20-11-7-10-18-16(17-4)19-12-15-9-6-5-8-14(15)3/h5-6,8-9,13H,7,10-12H2,1-4H3,(H2,17,18,19). The lowest BCUT2D eigenvalue weighted by molar-refractivity contribution is 0.0776. The molecule has 0 spiro atoms. The zero-order chi connectivity index (χ0) is 14.8. The van der Waals surface area contributed by atoms with Crippen molar-refractivity contribution in [2.45, 2.75) is 39.8 Å². The first-order chi connectivity index (χ1) is 9.63. The first kappa shape index (κ1) is 16.5. The lowest BCUT2D eigenvalue weighted by Crippen LogP contribution is -2.37. The number of aryl methyl sites for hydroxylation is 1. The molecule has 0 saturated heterocycles. The summed E-state index contributed by atoms with van der Waals surface area (Å²) < 4.78 is 5.50. The molecule has 0 aliphatic carbocycles. The quantitative estimate of drug-likeness (QED) is 0.457. The van der Waals surface area contributed by atoms with E-state index in [9.17, 15) is 0 Å². The highest BCUT2D eigenvalue weighted by Gasteiger charge is 2.00. The van der Waals surface area contributed by atoms with Crippen molar-refractivity contribution in [2.24, 2.45) is 4.99 Å². The van der Waals surface area contributed by atoms with Gasteiger partial charge in [0.25, 0.3) is 0 Å². The zero-order valence-electron chi connectivity index (χ0n) is 13.1. The topological polar surface area (TPSA) is 45.7 Å². The smallest absolute Gasteiger partial charge is 0.191 e. The Bertz CT molecular complexity index is 416. The molecule has 0 saturated carbocycles. The predicted octanol–water partition coefficient (Wildman–Crippen LogP) is 2.48. The highest BCUT2D eigenvalue weighted by atomic mass is 16.5. The third-order valence-corrected chi connectivity index (χ3v) is 3.00. The number of nitrogens with zero attached hydrogens (tertiary/aromatic N) is 1. The van der Waals surface area contributed by atoms with Gasteiger partial charge in [-0.2, -0.15) is 0 Å². The van der Waals surface area contributed by atoms with Crippen LogP contribution < -0.4 is 10.6 Å². The fourth-order valence-corrected chi connectivity index (χ4v) is 1.81. The van der Waals surface area contributed by atoms with E-state index in [2.05, 4.69) is 60.7 Å². The summed E-state index contributed by atoms with van der Waals surface area (Å²) in [6, 6.07) is 8.37. The first-order valence-electron chi connectivity index (χ1n) is 7.24. The van der Waals surface area contributed by atoms with E-state index in [-0.39, 0.29) is 0 Å². The third-order valence-electron chi connectivity index (χ3n) is 3.00. The van der Waals surface area contributed by atoms with Gasteiger partial charge >= 0.3 is 0 Å². The second-order valence-electron chi connectivity index (χ2n) is 5.05. The molecule has 0 fully saturated rings. The minimum absolute atomic E-state index is 0.300. The number of ether oxygens (including phenoxy) is 1. The molecule has 0 aromatic heterocycles. The van der Waals surface area contributed by atoms with Crippen molar-refractivity contribution in [3.8, 4) is 0 Å². The van der Waals surface area contributed by atoms with E-state index in [4.69, 9.17) is 4.74 Å². The fourth-order valence-electron chi connectivity index (χ4n) is 1.81. The minimum atomic E-state index is 0.300. The Kier molecular flexibility index (Phi) is 7.73. The number of rotatable bonds is 7. The predicted molar refractivity (Wildman–Crippen MR) is 85.1 cm³/mol. The van der Waals surface area contributed by atoms with E-state index in [0.717, 1.165) is 32.1 Å². The van der Waals surface area contributed by atoms with Crippen molar-refractivity contribution in [3.63, 3.8) is 0 Å². The van der Waals surface area contributed by atoms with Crippen molar-refractivity contribution < 1.29 is 4.74 Å². The Morgan fingerprint density at radius 3 is 2.65 bits per heavy atom. The molecule has 20 heavy (non-hydrogen) atoms. The summed E-state index contributed by atoms with van der Waals surface area (Å²) in [5, 5.41) is 6.62. The van der Waals surface area contributed by atoms with Crippen molar-refractivity contribution in [1.82, 2.24) is 10.6 Å². The molecule has 0 bridgehead atoms. The van der Waals surface area contributed by atoms with Gasteiger partial charge in [0.15, 0.2) is 5.96 Å². The maximum absolute atomic E-state index is 5.50. The average molecular weight is 277 g/mol. The van der Waals surface area contributed by atoms with Crippen LogP contribution in [0.25, 0.3) is 0 Å². The van der Waals surface area contributed by atoms with E-state index in [1.807, 2.05) is 0 Å². The second-order valence-corrected chi connectivity index (χ2v) is 5.05. The van der Waals surface area contributed by atoms with Crippen LogP contribution in [0.15, 0.2) is 29.3 Å². The Morgan fingerprint density at radius 2 is 2.00 bits per heavy atom. The number of hydrogen-bond acceptors (Lipinski definition) is 2. The second kappa shape index (κ2) is 9.37. The first-order valence-corrected chi connectivity index (χ1v) is 7.24. The molecule has 112 valence electrons. The van der Waals surface area contributed by atoms with Crippen LogP contribution in [-0.2, 0) is 11.3 Å². The molecule has 0 heterocycles. The van der Waals surface area contributed by atoms with E-state index in [1.54, 1.807) is 7.05 Å². The number of nitrogens with one attached hydrogen (secondary N) is 2. The monoisotopic (exact) mass is 277 g/mol. The largest absolute Gasteiger partial charge is 0.379 e. The van der Waals surface area contributed by atoms with E-state index in [1.165, 1.54) is 11.1 Å². The van der Waals surface area contributed by atoms with Crippen LogP contribution in [0.1, 0.15) is 31.4 Å². The van der Waals surface area contributed by atoms with Crippen molar-refractivity contribution in [3.05, 3.63) is 35.4 Å². The van der Waals surface area contributed by atoms with E-state index >= 15 is 0 Å². The van der Waals surface area contributed by atoms with Gasteiger partial charge in [0, 0.05) is 26.7 Å². The van der Waals surface area contributed by atoms with Gasteiger partial charge < -0.3 is 15.4 Å². The van der Waals surface area contributed by atoms with Gasteiger partial charge in [-0.05, 0) is 38.3 Å². The maximum atomic E-state index is 5.50. The molecule has 1 aromatic carbocycles. The normalized spacial score (nSPS) is 11.8. The molecule has 1 aromatic rings. The molecule has 0 atom stereocenters. The Hall–Kier alpha value is -1.55. The Morgan fingerprint density at radius 1 is 1.25 bits per heavy atom. The van der Waals surface area contributed by atoms with Crippen LogP contribution in [0, 0.1) is 6.92 Å². The van der Waals surface area contributed by atoms with Crippen LogP contribution in [0.4, 0.5) is 0 Å². The van der Waals surface area contributed by atoms with Gasteiger partial charge in [-0.25, -0.2) is 0 Å². The molecule has 0 unspecified atom stereocenters. The number of aliphatic imine (C=N–C) groups is 1. The van der Waals surface area contributed by atoms with Crippen LogP contribution >= 0.6 is 0 Å².